The number of rotatable bonds is 6. The first-order valence-corrected chi connectivity index (χ1v) is 11.9. The molecule has 0 spiro atoms. The van der Waals surface area contributed by atoms with E-state index in [1.165, 1.54) is 0 Å². The Morgan fingerprint density at radius 3 is 2.71 bits per heavy atom. The van der Waals surface area contributed by atoms with Crippen LogP contribution in [0.25, 0.3) is 11.5 Å². The molecule has 9 nitrogen and oxygen atoms in total. The molecule has 0 aliphatic carbocycles. The summed E-state index contributed by atoms with van der Waals surface area (Å²) in [7, 11) is 1.91. The largest absolute Gasteiger partial charge is 0.351 e. The minimum Gasteiger partial charge on any atom is -0.351 e. The summed E-state index contributed by atoms with van der Waals surface area (Å²) >= 11 is 0. The zero-order valence-corrected chi connectivity index (χ0v) is 20.5. The van der Waals surface area contributed by atoms with E-state index >= 15 is 0 Å². The molecule has 5 heterocycles. The number of carbonyl (C=O) groups excluding carboxylic acids is 1. The maximum atomic E-state index is 13.6. The van der Waals surface area contributed by atoms with Crippen molar-refractivity contribution in [3.05, 3.63) is 47.4 Å². The molecule has 9 heteroatoms. The average Bonchev–Trinajstić information content (AvgIpc) is 3.51. The summed E-state index contributed by atoms with van der Waals surface area (Å²) in [5, 5.41) is 11.5. The van der Waals surface area contributed by atoms with Gasteiger partial charge >= 0.3 is 0 Å². The molecule has 2 aliphatic heterocycles. The topological polar surface area (TPSA) is 92.1 Å². The van der Waals surface area contributed by atoms with Gasteiger partial charge in [0.2, 0.25) is 0 Å². The molecule has 5 rings (SSSR count). The molecule has 0 aromatic carbocycles. The molecular formula is C25H32N8O. The highest BCUT2D eigenvalue weighted by Gasteiger charge is 2.37. The second kappa shape index (κ2) is 8.47. The third-order valence-electron chi connectivity index (χ3n) is 6.88. The van der Waals surface area contributed by atoms with Crippen molar-refractivity contribution in [2.24, 2.45) is 0 Å². The molecule has 3 aromatic rings. The first-order chi connectivity index (χ1) is 16.3. The van der Waals surface area contributed by atoms with Crippen LogP contribution in [0.15, 0.2) is 30.6 Å². The van der Waals surface area contributed by atoms with E-state index in [1.807, 2.05) is 35.9 Å². The van der Waals surface area contributed by atoms with E-state index in [9.17, 15) is 4.79 Å². The molecule has 1 saturated heterocycles. The van der Waals surface area contributed by atoms with E-state index in [2.05, 4.69) is 48.1 Å². The lowest BCUT2D eigenvalue weighted by molar-refractivity contribution is 0.0996. The van der Waals surface area contributed by atoms with Crippen molar-refractivity contribution < 1.29 is 4.79 Å². The Hall–Kier alpha value is -3.33. The van der Waals surface area contributed by atoms with E-state index in [-0.39, 0.29) is 17.5 Å². The Balaban J connectivity index is 1.52. The second-order valence-corrected chi connectivity index (χ2v) is 9.98. The van der Waals surface area contributed by atoms with Gasteiger partial charge in [0.1, 0.15) is 23.7 Å². The minimum absolute atomic E-state index is 0.0295. The quantitative estimate of drug-likeness (QED) is 0.601. The van der Waals surface area contributed by atoms with Gasteiger partial charge in [0, 0.05) is 30.2 Å². The van der Waals surface area contributed by atoms with Gasteiger partial charge < -0.3 is 14.8 Å². The fraction of sp³-hybridized carbons (Fsp3) is 0.480. The van der Waals surface area contributed by atoms with Crippen molar-refractivity contribution in [3.8, 4) is 11.5 Å². The first-order valence-electron chi connectivity index (χ1n) is 11.9. The molecule has 178 valence electrons. The van der Waals surface area contributed by atoms with Crippen LogP contribution in [-0.2, 0) is 13.1 Å². The van der Waals surface area contributed by atoms with Crippen LogP contribution in [0.5, 0.6) is 0 Å². The van der Waals surface area contributed by atoms with Crippen molar-refractivity contribution in [1.82, 2.24) is 30.0 Å². The second-order valence-electron chi connectivity index (χ2n) is 9.98. The van der Waals surface area contributed by atoms with Crippen molar-refractivity contribution in [1.29, 1.82) is 0 Å². The van der Waals surface area contributed by atoms with E-state index < -0.39 is 0 Å². The van der Waals surface area contributed by atoms with Gasteiger partial charge in [0.15, 0.2) is 5.82 Å². The normalized spacial score (nSPS) is 17.2. The van der Waals surface area contributed by atoms with Crippen LogP contribution in [-0.4, -0.2) is 49.8 Å². The average molecular weight is 461 g/mol. The van der Waals surface area contributed by atoms with Crippen LogP contribution in [0.2, 0.25) is 0 Å². The highest BCUT2D eigenvalue weighted by Crippen LogP contribution is 2.37. The molecule has 2 aliphatic rings. The standard InChI is InChI=1S/C25H32N8O/c1-16(2)32-15-27-30-23(32)19-8-6-9-21(28-19)31-14-18-17(24(31)34)12-22(29-20(18)13-26-5)33-11-7-10-25(33,3)4/h6,8-9,12,15-16,26H,7,10-11,13-14H2,1-5H3. The zero-order valence-electron chi connectivity index (χ0n) is 20.5. The summed E-state index contributed by atoms with van der Waals surface area (Å²) in [6.45, 7) is 10.7. The van der Waals surface area contributed by atoms with Crippen LogP contribution < -0.4 is 15.1 Å². The van der Waals surface area contributed by atoms with Gasteiger partial charge in [-0.3, -0.25) is 9.69 Å². The number of hydrogen-bond acceptors (Lipinski definition) is 7. The summed E-state index contributed by atoms with van der Waals surface area (Å²) in [6, 6.07) is 7.87. The SMILES string of the molecule is CNCc1nc(N2CCCC2(C)C)cc2c1CN(c1cccc(-c3nncn3C(C)C)n1)C2=O. The number of fused-ring (bicyclic) bond motifs is 1. The summed E-state index contributed by atoms with van der Waals surface area (Å²) in [6.07, 6.45) is 3.96. The van der Waals surface area contributed by atoms with Gasteiger partial charge in [-0.05, 0) is 65.8 Å². The van der Waals surface area contributed by atoms with Crippen LogP contribution >= 0.6 is 0 Å². The Kier molecular flexibility index (Phi) is 5.59. The summed E-state index contributed by atoms with van der Waals surface area (Å²) < 4.78 is 1.98. The maximum absolute atomic E-state index is 13.6. The first kappa shape index (κ1) is 22.5. The molecule has 0 unspecified atom stereocenters. The fourth-order valence-corrected chi connectivity index (χ4v) is 5.02. The number of nitrogens with one attached hydrogen (secondary N) is 1. The monoisotopic (exact) mass is 460 g/mol. The van der Waals surface area contributed by atoms with Gasteiger partial charge in [-0.25, -0.2) is 9.97 Å². The number of amides is 1. The fourth-order valence-electron chi connectivity index (χ4n) is 5.02. The molecule has 0 saturated carbocycles. The molecular weight excluding hydrogens is 428 g/mol. The van der Waals surface area contributed by atoms with Gasteiger partial charge in [-0.1, -0.05) is 6.07 Å². The van der Waals surface area contributed by atoms with Crippen molar-refractivity contribution in [2.45, 2.75) is 65.2 Å². The lowest BCUT2D eigenvalue weighted by Gasteiger charge is -2.33. The summed E-state index contributed by atoms with van der Waals surface area (Å²) in [5.41, 5.74) is 3.33. The molecule has 0 radical (unpaired) electrons. The van der Waals surface area contributed by atoms with Gasteiger partial charge in [-0.15, -0.1) is 10.2 Å². The summed E-state index contributed by atoms with van der Waals surface area (Å²) in [4.78, 5) is 27.5. The van der Waals surface area contributed by atoms with Crippen LogP contribution in [0, 0.1) is 0 Å². The molecule has 3 aromatic heterocycles. The Morgan fingerprint density at radius 2 is 2.00 bits per heavy atom. The van der Waals surface area contributed by atoms with E-state index in [0.29, 0.717) is 30.4 Å². The van der Waals surface area contributed by atoms with E-state index in [4.69, 9.17) is 9.97 Å². The predicted octanol–water partition coefficient (Wildman–Crippen LogP) is 3.57. The zero-order chi connectivity index (χ0) is 24.0. The molecule has 0 bridgehead atoms. The van der Waals surface area contributed by atoms with Crippen LogP contribution in [0.4, 0.5) is 11.6 Å². The number of hydrogen-bond donors (Lipinski definition) is 1. The summed E-state index contributed by atoms with van der Waals surface area (Å²) in [5.74, 6) is 2.14. The number of nitrogens with zero attached hydrogens (tertiary/aromatic N) is 7. The smallest absolute Gasteiger partial charge is 0.260 e. The minimum atomic E-state index is -0.0389. The molecule has 0 atom stereocenters. The van der Waals surface area contributed by atoms with E-state index in [1.54, 1.807) is 11.2 Å². The van der Waals surface area contributed by atoms with E-state index in [0.717, 1.165) is 42.0 Å². The lowest BCUT2D eigenvalue weighted by atomic mass is 10.0. The number of anilines is 2. The Morgan fingerprint density at radius 1 is 1.18 bits per heavy atom. The Bertz CT molecular complexity index is 1230. The molecule has 1 fully saturated rings. The van der Waals surface area contributed by atoms with Crippen molar-refractivity contribution in [2.75, 3.05) is 23.4 Å². The van der Waals surface area contributed by atoms with Gasteiger partial charge in [-0.2, -0.15) is 0 Å². The van der Waals surface area contributed by atoms with Crippen molar-refractivity contribution in [3.63, 3.8) is 0 Å². The third kappa shape index (κ3) is 3.73. The van der Waals surface area contributed by atoms with Crippen LogP contribution in [0.1, 0.15) is 68.2 Å². The van der Waals surface area contributed by atoms with Gasteiger partial charge in [0.05, 0.1) is 17.8 Å². The number of carbonyl (C=O) groups is 1. The highest BCUT2D eigenvalue weighted by molar-refractivity contribution is 6.10. The highest BCUT2D eigenvalue weighted by atomic mass is 16.2. The molecule has 1 N–H and O–H groups in total. The maximum Gasteiger partial charge on any atom is 0.260 e. The van der Waals surface area contributed by atoms with Crippen LogP contribution in [0.3, 0.4) is 0 Å². The van der Waals surface area contributed by atoms with Gasteiger partial charge in [0.25, 0.3) is 5.91 Å². The number of pyridine rings is 2. The third-order valence-corrected chi connectivity index (χ3v) is 6.88. The number of aromatic nitrogens is 5. The van der Waals surface area contributed by atoms with Crippen molar-refractivity contribution >= 4 is 17.5 Å². The lowest BCUT2D eigenvalue weighted by Crippen LogP contribution is -2.39. The molecule has 34 heavy (non-hydrogen) atoms. The Labute approximate surface area is 200 Å². The predicted molar refractivity (Wildman–Crippen MR) is 132 cm³/mol. The molecule has 1 amide bonds.